The summed E-state index contributed by atoms with van der Waals surface area (Å²) >= 11 is 0. The summed E-state index contributed by atoms with van der Waals surface area (Å²) in [5.74, 6) is 3.24. The van der Waals surface area contributed by atoms with E-state index in [9.17, 15) is 4.79 Å². The number of hydrogen-bond donors (Lipinski definition) is 1. The average Bonchev–Trinajstić information content (AvgIpc) is 3.53. The van der Waals surface area contributed by atoms with Crippen LogP contribution in [0.3, 0.4) is 0 Å². The largest absolute Gasteiger partial charge is 0.443 e. The van der Waals surface area contributed by atoms with Crippen molar-refractivity contribution in [3.05, 3.63) is 0 Å². The molecule has 7 unspecified atom stereocenters. The zero-order valence-corrected chi connectivity index (χ0v) is 27.5. The van der Waals surface area contributed by atoms with Crippen molar-refractivity contribution in [3.63, 3.8) is 0 Å². The van der Waals surface area contributed by atoms with Gasteiger partial charge in [0.15, 0.2) is 6.29 Å². The van der Waals surface area contributed by atoms with E-state index in [1.54, 1.807) is 14.1 Å². The number of nitrogens with zero attached hydrogens (tertiary/aromatic N) is 1. The lowest BCUT2D eigenvalue weighted by atomic mass is 9.46. The molecule has 5 aliphatic carbocycles. The van der Waals surface area contributed by atoms with E-state index in [1.165, 1.54) is 62.7 Å². The molecule has 7 rings (SSSR count). The van der Waals surface area contributed by atoms with Crippen LogP contribution in [0, 0.1) is 51.2 Å². The van der Waals surface area contributed by atoms with Crippen LogP contribution in [0.15, 0.2) is 0 Å². The normalized spacial score (nSPS) is 49.5. The minimum atomic E-state index is -0.254. The van der Waals surface area contributed by atoms with E-state index in [-0.39, 0.29) is 42.0 Å². The minimum absolute atomic E-state index is 0.00953. The molecule has 238 valence electrons. The van der Waals surface area contributed by atoms with Crippen molar-refractivity contribution < 1.29 is 23.7 Å². The number of amides is 1. The van der Waals surface area contributed by atoms with Gasteiger partial charge in [0.2, 0.25) is 0 Å². The van der Waals surface area contributed by atoms with E-state index < -0.39 is 0 Å². The van der Waals surface area contributed by atoms with Crippen molar-refractivity contribution in [2.45, 2.75) is 130 Å². The maximum absolute atomic E-state index is 12.5. The standard InChI is InChI=1S/C35H58N2O5/c1-21(2)30(42-31(38)37(6)7)25-10-8-23-26(40-25)18-24-22-9-11-27-32(3,4)28(41-29-19-36-16-17-39-29)12-13-35(27)20-34(22,35)15-14-33(23,24)5/h21-30,36H,8-20H2,1-7H3/t22?,23?,24?,25?,26?,27?,28-,29?,30+,33+,34-,35+/m0/s1. The molecule has 12 atom stereocenters. The first kappa shape index (κ1) is 29.8. The summed E-state index contributed by atoms with van der Waals surface area (Å²) in [6.45, 7) is 14.5. The summed E-state index contributed by atoms with van der Waals surface area (Å²) in [6.07, 6.45) is 13.0. The van der Waals surface area contributed by atoms with Crippen molar-refractivity contribution in [2.75, 3.05) is 33.8 Å². The first-order valence-electron chi connectivity index (χ1n) is 17.4. The second-order valence-electron chi connectivity index (χ2n) is 16.9. The Kier molecular flexibility index (Phi) is 7.32. The Morgan fingerprint density at radius 1 is 0.952 bits per heavy atom. The lowest BCUT2D eigenvalue weighted by Gasteiger charge is -2.60. The number of hydrogen-bond acceptors (Lipinski definition) is 6. The quantitative estimate of drug-likeness (QED) is 0.411. The van der Waals surface area contributed by atoms with Gasteiger partial charge in [-0.2, -0.15) is 0 Å². The van der Waals surface area contributed by atoms with Crippen molar-refractivity contribution in [3.8, 4) is 0 Å². The lowest BCUT2D eigenvalue weighted by molar-refractivity contribution is -0.232. The number of carbonyl (C=O) groups excluding carboxylic acids is 1. The van der Waals surface area contributed by atoms with Gasteiger partial charge in [0.05, 0.1) is 24.9 Å². The minimum Gasteiger partial charge on any atom is -0.443 e. The van der Waals surface area contributed by atoms with Gasteiger partial charge in [-0.25, -0.2) is 4.79 Å². The van der Waals surface area contributed by atoms with Gasteiger partial charge in [-0.05, 0) is 115 Å². The molecule has 42 heavy (non-hydrogen) atoms. The highest BCUT2D eigenvalue weighted by Gasteiger charge is 2.80. The Morgan fingerprint density at radius 2 is 1.74 bits per heavy atom. The molecule has 7 aliphatic rings. The van der Waals surface area contributed by atoms with Crippen molar-refractivity contribution in [2.24, 2.45) is 51.2 Å². The summed E-state index contributed by atoms with van der Waals surface area (Å²) in [6, 6.07) is 0. The Hall–Kier alpha value is -0.890. The molecule has 2 spiro atoms. The maximum atomic E-state index is 12.5. The molecule has 2 aliphatic heterocycles. The highest BCUT2D eigenvalue weighted by Crippen LogP contribution is 2.87. The monoisotopic (exact) mass is 586 g/mol. The van der Waals surface area contributed by atoms with Crippen LogP contribution in [0.25, 0.3) is 0 Å². The van der Waals surface area contributed by atoms with Gasteiger partial charge < -0.3 is 29.2 Å². The van der Waals surface area contributed by atoms with E-state index in [2.05, 4.69) is 39.9 Å². The molecule has 7 heteroatoms. The molecule has 0 bridgehead atoms. The molecule has 7 fully saturated rings. The van der Waals surface area contributed by atoms with Crippen LogP contribution in [0.4, 0.5) is 4.79 Å². The number of nitrogens with one attached hydrogen (secondary N) is 1. The van der Waals surface area contributed by atoms with Crippen LogP contribution < -0.4 is 5.32 Å². The zero-order valence-electron chi connectivity index (χ0n) is 27.5. The number of fused-ring (bicyclic) bond motifs is 4. The molecule has 2 saturated heterocycles. The first-order chi connectivity index (χ1) is 19.9. The van der Waals surface area contributed by atoms with Gasteiger partial charge in [0.1, 0.15) is 6.10 Å². The van der Waals surface area contributed by atoms with Crippen LogP contribution in [0.5, 0.6) is 0 Å². The fourth-order valence-electron chi connectivity index (χ4n) is 12.4. The highest BCUT2D eigenvalue weighted by atomic mass is 16.7. The Balaban J connectivity index is 1.07. The number of ether oxygens (including phenoxy) is 4. The summed E-state index contributed by atoms with van der Waals surface area (Å²) in [5.41, 5.74) is 1.63. The van der Waals surface area contributed by atoms with Crippen LogP contribution >= 0.6 is 0 Å². The van der Waals surface area contributed by atoms with Crippen molar-refractivity contribution >= 4 is 6.09 Å². The van der Waals surface area contributed by atoms with Gasteiger partial charge in [0, 0.05) is 27.2 Å². The summed E-state index contributed by atoms with van der Waals surface area (Å²) in [4.78, 5) is 14.0. The smallest absolute Gasteiger partial charge is 0.409 e. The third kappa shape index (κ3) is 4.29. The van der Waals surface area contributed by atoms with Crippen LogP contribution in [-0.4, -0.2) is 75.5 Å². The third-order valence-corrected chi connectivity index (χ3v) is 14.4. The maximum Gasteiger partial charge on any atom is 0.409 e. The van der Waals surface area contributed by atoms with E-state index in [0.29, 0.717) is 28.3 Å². The Morgan fingerprint density at radius 3 is 2.45 bits per heavy atom. The summed E-state index contributed by atoms with van der Waals surface area (Å²) in [5, 5.41) is 3.45. The summed E-state index contributed by atoms with van der Waals surface area (Å²) < 4.78 is 25.6. The van der Waals surface area contributed by atoms with Gasteiger partial charge in [-0.1, -0.05) is 34.6 Å². The van der Waals surface area contributed by atoms with Crippen LogP contribution in [0.2, 0.25) is 0 Å². The van der Waals surface area contributed by atoms with E-state index in [1.807, 2.05) is 0 Å². The van der Waals surface area contributed by atoms with E-state index >= 15 is 0 Å². The van der Waals surface area contributed by atoms with Crippen LogP contribution in [-0.2, 0) is 18.9 Å². The molecule has 1 N–H and O–H groups in total. The fraction of sp³-hybridized carbons (Fsp3) is 0.971. The van der Waals surface area contributed by atoms with Gasteiger partial charge in [-0.3, -0.25) is 0 Å². The number of carbonyl (C=O) groups is 1. The molecule has 5 saturated carbocycles. The van der Waals surface area contributed by atoms with E-state index in [4.69, 9.17) is 18.9 Å². The Labute approximate surface area is 254 Å². The molecular weight excluding hydrogens is 528 g/mol. The van der Waals surface area contributed by atoms with Gasteiger partial charge in [-0.15, -0.1) is 0 Å². The molecule has 0 aromatic heterocycles. The molecule has 1 amide bonds. The highest BCUT2D eigenvalue weighted by molar-refractivity contribution is 5.67. The first-order valence-corrected chi connectivity index (χ1v) is 17.4. The SMILES string of the molecule is CC(C)[C@@H](OC(=O)N(C)C)C1CCC2C(CC3C4CCC5C(C)(C)[C@@H](OC6CNCCO6)CC[C@@]56C[C@@]46CC[C@]23C)O1. The van der Waals surface area contributed by atoms with E-state index in [0.717, 1.165) is 43.9 Å². The molecular formula is C35H58N2O5. The summed E-state index contributed by atoms with van der Waals surface area (Å²) in [7, 11) is 3.52. The average molecular weight is 587 g/mol. The Bertz CT molecular complexity index is 1040. The second-order valence-corrected chi connectivity index (χ2v) is 16.9. The molecule has 0 radical (unpaired) electrons. The predicted molar refractivity (Wildman–Crippen MR) is 162 cm³/mol. The molecule has 0 aromatic carbocycles. The van der Waals surface area contributed by atoms with Crippen molar-refractivity contribution in [1.82, 2.24) is 10.2 Å². The number of rotatable bonds is 5. The molecule has 7 nitrogen and oxygen atoms in total. The zero-order chi connectivity index (χ0) is 29.7. The second kappa shape index (κ2) is 10.3. The molecule has 0 aromatic rings. The lowest BCUT2D eigenvalue weighted by Crippen LogP contribution is -2.56. The fourth-order valence-corrected chi connectivity index (χ4v) is 12.4. The van der Waals surface area contributed by atoms with Gasteiger partial charge >= 0.3 is 6.09 Å². The van der Waals surface area contributed by atoms with Crippen molar-refractivity contribution in [1.29, 1.82) is 0 Å². The predicted octanol–water partition coefficient (Wildman–Crippen LogP) is 6.25. The molecule has 2 heterocycles. The van der Waals surface area contributed by atoms with Gasteiger partial charge in [0.25, 0.3) is 0 Å². The van der Waals surface area contributed by atoms with Crippen LogP contribution in [0.1, 0.15) is 98.8 Å². The third-order valence-electron chi connectivity index (χ3n) is 14.4. The topological polar surface area (TPSA) is 69.3 Å². The number of morpholine rings is 1.